The van der Waals surface area contributed by atoms with Crippen LogP contribution in [0.15, 0.2) is 0 Å². The third-order valence-electron chi connectivity index (χ3n) is 2.26. The van der Waals surface area contributed by atoms with Crippen molar-refractivity contribution >= 4 is 0 Å². The molecule has 5 heteroatoms. The third kappa shape index (κ3) is 4.30. The van der Waals surface area contributed by atoms with Crippen molar-refractivity contribution in [3.05, 3.63) is 0 Å². The van der Waals surface area contributed by atoms with Crippen molar-refractivity contribution < 1.29 is 18.6 Å². The first-order valence-corrected chi connectivity index (χ1v) is 4.95. The molecule has 0 aromatic carbocycles. The molecule has 0 aromatic rings. The zero-order chi connectivity index (χ0) is 10.4. The Bertz CT molecular complexity index is 161. The molecule has 14 heavy (non-hydrogen) atoms. The molecule has 1 atom stereocenters. The first-order chi connectivity index (χ1) is 6.64. The molecular weight excluding hydrogens is 192 g/mol. The Hall–Kier alpha value is -0.260. The summed E-state index contributed by atoms with van der Waals surface area (Å²) in [4.78, 5) is 0. The van der Waals surface area contributed by atoms with Crippen LogP contribution in [0.4, 0.5) is 8.78 Å². The Morgan fingerprint density at radius 3 is 2.79 bits per heavy atom. The number of aliphatic hydroxyl groups is 1. The van der Waals surface area contributed by atoms with E-state index in [1.165, 1.54) is 0 Å². The van der Waals surface area contributed by atoms with Crippen molar-refractivity contribution in [2.75, 3.05) is 26.3 Å². The molecule has 0 amide bonds. The van der Waals surface area contributed by atoms with Crippen molar-refractivity contribution in [3.63, 3.8) is 0 Å². The number of alkyl halides is 2. The van der Waals surface area contributed by atoms with E-state index in [1.54, 1.807) is 0 Å². The van der Waals surface area contributed by atoms with E-state index in [2.05, 4.69) is 5.32 Å². The standard InChI is InChI=1S/C9H17F2NO2/c10-9(11,7-13)6-12-5-8-3-1-2-4-14-8/h8,12-13H,1-7H2. The molecule has 1 unspecified atom stereocenters. The van der Waals surface area contributed by atoms with E-state index in [9.17, 15) is 8.78 Å². The minimum absolute atomic E-state index is 0.0539. The number of rotatable bonds is 5. The van der Waals surface area contributed by atoms with Gasteiger partial charge in [-0.3, -0.25) is 0 Å². The largest absolute Gasteiger partial charge is 0.390 e. The van der Waals surface area contributed by atoms with Gasteiger partial charge in [-0.15, -0.1) is 0 Å². The Balaban J connectivity index is 2.08. The predicted octanol–water partition coefficient (Wildman–Crippen LogP) is 0.773. The van der Waals surface area contributed by atoms with Gasteiger partial charge in [0.1, 0.15) is 6.61 Å². The molecule has 0 saturated carbocycles. The topological polar surface area (TPSA) is 41.5 Å². The van der Waals surface area contributed by atoms with Crippen LogP contribution in [-0.4, -0.2) is 43.4 Å². The summed E-state index contributed by atoms with van der Waals surface area (Å²) in [5, 5.41) is 10.9. The van der Waals surface area contributed by atoms with Crippen LogP contribution >= 0.6 is 0 Å². The molecule has 0 bridgehead atoms. The van der Waals surface area contributed by atoms with Crippen molar-refractivity contribution in [1.82, 2.24) is 5.32 Å². The summed E-state index contributed by atoms with van der Waals surface area (Å²) < 4.78 is 30.5. The van der Waals surface area contributed by atoms with Gasteiger partial charge < -0.3 is 15.2 Å². The summed E-state index contributed by atoms with van der Waals surface area (Å²) in [5.74, 6) is -3.02. The van der Waals surface area contributed by atoms with Crippen LogP contribution in [-0.2, 0) is 4.74 Å². The van der Waals surface area contributed by atoms with Gasteiger partial charge in [0.15, 0.2) is 0 Å². The second kappa shape index (κ2) is 5.58. The second-order valence-corrected chi connectivity index (χ2v) is 3.63. The molecule has 1 fully saturated rings. The highest BCUT2D eigenvalue weighted by molar-refractivity contribution is 4.71. The maximum absolute atomic E-state index is 12.6. The molecule has 3 nitrogen and oxygen atoms in total. The molecule has 84 valence electrons. The van der Waals surface area contributed by atoms with Crippen molar-refractivity contribution in [1.29, 1.82) is 0 Å². The van der Waals surface area contributed by atoms with Crippen LogP contribution in [0.5, 0.6) is 0 Å². The van der Waals surface area contributed by atoms with Gasteiger partial charge in [0.05, 0.1) is 12.6 Å². The predicted molar refractivity (Wildman–Crippen MR) is 48.5 cm³/mol. The number of halogens is 2. The second-order valence-electron chi connectivity index (χ2n) is 3.63. The molecule has 1 rings (SSSR count). The molecule has 0 radical (unpaired) electrons. The van der Waals surface area contributed by atoms with Gasteiger partial charge in [-0.1, -0.05) is 0 Å². The summed E-state index contributed by atoms with van der Waals surface area (Å²) in [6.45, 7) is -0.423. The minimum Gasteiger partial charge on any atom is -0.390 e. The van der Waals surface area contributed by atoms with Crippen molar-refractivity contribution in [2.45, 2.75) is 31.3 Å². The summed E-state index contributed by atoms with van der Waals surface area (Å²) in [6, 6.07) is 0. The lowest BCUT2D eigenvalue weighted by molar-refractivity contribution is -0.0518. The molecule has 0 aromatic heterocycles. The number of hydrogen-bond acceptors (Lipinski definition) is 3. The summed E-state index contributed by atoms with van der Waals surface area (Å²) in [7, 11) is 0. The van der Waals surface area contributed by atoms with Gasteiger partial charge in [0.2, 0.25) is 0 Å². The maximum Gasteiger partial charge on any atom is 0.282 e. The fraction of sp³-hybridized carbons (Fsp3) is 1.00. The molecule has 0 spiro atoms. The van der Waals surface area contributed by atoms with Crippen LogP contribution in [0, 0.1) is 0 Å². The van der Waals surface area contributed by atoms with E-state index in [0.29, 0.717) is 6.54 Å². The lowest BCUT2D eigenvalue weighted by Crippen LogP contribution is -2.40. The zero-order valence-electron chi connectivity index (χ0n) is 8.14. The zero-order valence-corrected chi connectivity index (χ0v) is 8.14. The number of aliphatic hydroxyl groups excluding tert-OH is 1. The van der Waals surface area contributed by atoms with E-state index in [0.717, 1.165) is 25.9 Å². The SMILES string of the molecule is OCC(F)(F)CNCC1CCCCO1. The van der Waals surface area contributed by atoms with Crippen LogP contribution in [0.3, 0.4) is 0 Å². The molecule has 1 aliphatic rings. The van der Waals surface area contributed by atoms with Crippen molar-refractivity contribution in [3.8, 4) is 0 Å². The molecule has 1 aliphatic heterocycles. The van der Waals surface area contributed by atoms with Crippen molar-refractivity contribution in [2.24, 2.45) is 0 Å². The van der Waals surface area contributed by atoms with E-state index >= 15 is 0 Å². The number of nitrogens with one attached hydrogen (secondary N) is 1. The normalized spacial score (nSPS) is 23.8. The highest BCUT2D eigenvalue weighted by atomic mass is 19.3. The smallest absolute Gasteiger partial charge is 0.282 e. The fourth-order valence-electron chi connectivity index (χ4n) is 1.44. The van der Waals surface area contributed by atoms with E-state index in [-0.39, 0.29) is 6.10 Å². The van der Waals surface area contributed by atoms with Gasteiger partial charge >= 0.3 is 0 Å². The number of ether oxygens (including phenoxy) is 1. The van der Waals surface area contributed by atoms with Crippen LogP contribution in [0.2, 0.25) is 0 Å². The highest BCUT2D eigenvalue weighted by Gasteiger charge is 2.27. The van der Waals surface area contributed by atoms with Gasteiger partial charge in [0.25, 0.3) is 5.92 Å². The van der Waals surface area contributed by atoms with Crippen LogP contribution in [0.25, 0.3) is 0 Å². The molecule has 1 heterocycles. The van der Waals surface area contributed by atoms with E-state index in [4.69, 9.17) is 9.84 Å². The first kappa shape index (κ1) is 11.8. The summed E-state index contributed by atoms with van der Waals surface area (Å²) in [5.41, 5.74) is 0. The molecule has 1 saturated heterocycles. The minimum atomic E-state index is -3.02. The van der Waals surface area contributed by atoms with E-state index in [1.807, 2.05) is 0 Å². The Kier molecular flexibility index (Phi) is 4.71. The Morgan fingerprint density at radius 2 is 2.21 bits per heavy atom. The van der Waals surface area contributed by atoms with Gasteiger partial charge in [0, 0.05) is 13.2 Å². The number of hydrogen-bond donors (Lipinski definition) is 2. The summed E-state index contributed by atoms with van der Waals surface area (Å²) in [6.07, 6.45) is 3.14. The third-order valence-corrected chi connectivity index (χ3v) is 2.26. The van der Waals surface area contributed by atoms with Gasteiger partial charge in [-0.05, 0) is 19.3 Å². The molecular formula is C9H17F2NO2. The lowest BCUT2D eigenvalue weighted by Gasteiger charge is -2.23. The Labute approximate surface area is 82.4 Å². The van der Waals surface area contributed by atoms with Gasteiger partial charge in [-0.2, -0.15) is 0 Å². The summed E-state index contributed by atoms with van der Waals surface area (Å²) >= 11 is 0. The van der Waals surface area contributed by atoms with Gasteiger partial charge in [-0.25, -0.2) is 8.78 Å². The highest BCUT2D eigenvalue weighted by Crippen LogP contribution is 2.13. The Morgan fingerprint density at radius 1 is 1.43 bits per heavy atom. The van der Waals surface area contributed by atoms with E-state index < -0.39 is 19.1 Å². The van der Waals surface area contributed by atoms with Crippen LogP contribution < -0.4 is 5.32 Å². The van der Waals surface area contributed by atoms with Crippen LogP contribution in [0.1, 0.15) is 19.3 Å². The molecule has 0 aliphatic carbocycles. The monoisotopic (exact) mass is 209 g/mol. The average molecular weight is 209 g/mol. The quantitative estimate of drug-likeness (QED) is 0.703. The average Bonchev–Trinajstić information content (AvgIpc) is 2.19. The lowest BCUT2D eigenvalue weighted by atomic mass is 10.1. The maximum atomic E-state index is 12.6. The fourth-order valence-corrected chi connectivity index (χ4v) is 1.44. The molecule has 2 N–H and O–H groups in total. The first-order valence-electron chi connectivity index (χ1n) is 4.95.